The predicted molar refractivity (Wildman–Crippen MR) is 128 cm³/mol. The van der Waals surface area contributed by atoms with Gasteiger partial charge in [0.2, 0.25) is 0 Å². The summed E-state index contributed by atoms with van der Waals surface area (Å²) in [6.07, 6.45) is -4.49. The van der Waals surface area contributed by atoms with Gasteiger partial charge in [-0.25, -0.2) is 0 Å². The van der Waals surface area contributed by atoms with E-state index < -0.39 is 11.7 Å². The van der Waals surface area contributed by atoms with Crippen LogP contribution in [0, 0.1) is 0 Å². The number of carbonyl (C=O) groups is 1. The quantitative estimate of drug-likeness (QED) is 0.277. The summed E-state index contributed by atoms with van der Waals surface area (Å²) in [6, 6.07) is 21.3. The number of carbonyl (C=O) groups excluding carboxylic acids is 1. The van der Waals surface area contributed by atoms with Crippen LogP contribution in [0.25, 0.3) is 5.69 Å². The first-order chi connectivity index (χ1) is 16.3. The van der Waals surface area contributed by atoms with Gasteiger partial charge in [0.05, 0.1) is 17.8 Å². The molecule has 34 heavy (non-hydrogen) atoms. The number of alkyl halides is 3. The molecular weight excluding hydrogens is 529 g/mol. The Balaban J connectivity index is 1.63. The average molecular weight is 547 g/mol. The van der Waals surface area contributed by atoms with E-state index in [1.807, 2.05) is 24.3 Å². The Morgan fingerprint density at radius 2 is 1.71 bits per heavy atom. The molecule has 10 heteroatoms. The van der Waals surface area contributed by atoms with E-state index in [-0.39, 0.29) is 18.1 Å². The second kappa shape index (κ2) is 10.4. The van der Waals surface area contributed by atoms with Crippen molar-refractivity contribution >= 4 is 33.6 Å². The lowest BCUT2D eigenvalue weighted by Crippen LogP contribution is -2.24. The average Bonchev–Trinajstić information content (AvgIpc) is 3.25. The van der Waals surface area contributed by atoms with Crippen LogP contribution < -0.4 is 5.32 Å². The molecule has 0 aliphatic carbocycles. The minimum atomic E-state index is -4.49. The van der Waals surface area contributed by atoms with Crippen molar-refractivity contribution in [3.05, 3.63) is 106 Å². The topological polar surface area (TPSA) is 59.8 Å². The summed E-state index contributed by atoms with van der Waals surface area (Å²) >= 11 is 4.74. The zero-order chi connectivity index (χ0) is 24.1. The van der Waals surface area contributed by atoms with Gasteiger partial charge >= 0.3 is 6.18 Å². The van der Waals surface area contributed by atoms with Crippen molar-refractivity contribution in [3.63, 3.8) is 0 Å². The van der Waals surface area contributed by atoms with Crippen LogP contribution in [0.15, 0.2) is 88.5 Å². The lowest BCUT2D eigenvalue weighted by molar-refractivity contribution is -0.137. The molecule has 4 aromatic rings. The van der Waals surface area contributed by atoms with Gasteiger partial charge in [0.25, 0.3) is 5.91 Å². The fourth-order valence-corrected chi connectivity index (χ4v) is 4.36. The van der Waals surface area contributed by atoms with E-state index in [1.165, 1.54) is 17.8 Å². The minimum Gasteiger partial charge on any atom is -0.345 e. The van der Waals surface area contributed by atoms with E-state index in [0.29, 0.717) is 22.3 Å². The molecule has 1 N–H and O–H groups in total. The van der Waals surface area contributed by atoms with Gasteiger partial charge in [-0.15, -0.1) is 10.2 Å². The van der Waals surface area contributed by atoms with Gasteiger partial charge in [-0.1, -0.05) is 64.1 Å². The van der Waals surface area contributed by atoms with E-state index in [1.54, 1.807) is 41.0 Å². The molecule has 0 aliphatic rings. The van der Waals surface area contributed by atoms with E-state index >= 15 is 0 Å². The first-order valence-corrected chi connectivity index (χ1v) is 11.9. The number of nitrogens with zero attached hydrogens (tertiary/aromatic N) is 3. The number of amides is 1. The molecule has 1 aromatic heterocycles. The SMILES string of the molecule is O=C(NCc1nnc(SCc2ccc(Br)cc2)n1-c1cccc(C(F)(F)F)c1)c1ccccc1. The maximum Gasteiger partial charge on any atom is 0.416 e. The van der Waals surface area contributed by atoms with Gasteiger partial charge < -0.3 is 5.32 Å². The molecule has 174 valence electrons. The molecule has 0 atom stereocenters. The monoisotopic (exact) mass is 546 g/mol. The largest absolute Gasteiger partial charge is 0.416 e. The van der Waals surface area contributed by atoms with Crippen molar-refractivity contribution in [1.29, 1.82) is 0 Å². The number of nitrogens with one attached hydrogen (secondary N) is 1. The smallest absolute Gasteiger partial charge is 0.345 e. The fraction of sp³-hybridized carbons (Fsp3) is 0.125. The van der Waals surface area contributed by atoms with Gasteiger partial charge in [-0.3, -0.25) is 9.36 Å². The third-order valence-corrected chi connectivity index (χ3v) is 6.39. The number of halogens is 4. The first-order valence-electron chi connectivity index (χ1n) is 10.1. The summed E-state index contributed by atoms with van der Waals surface area (Å²) in [5.41, 5.74) is 0.979. The van der Waals surface area contributed by atoms with Crippen LogP contribution in [0.3, 0.4) is 0 Å². The summed E-state index contributed by atoms with van der Waals surface area (Å²) < 4.78 is 42.5. The maximum absolute atomic E-state index is 13.3. The van der Waals surface area contributed by atoms with Crippen LogP contribution in [0.5, 0.6) is 0 Å². The zero-order valence-electron chi connectivity index (χ0n) is 17.6. The lowest BCUT2D eigenvalue weighted by atomic mass is 10.2. The molecule has 0 fully saturated rings. The molecular formula is C24H18BrF3N4OS. The number of hydrogen-bond donors (Lipinski definition) is 1. The Hall–Kier alpha value is -3.11. The van der Waals surface area contributed by atoms with Crippen LogP contribution in [-0.2, 0) is 18.5 Å². The van der Waals surface area contributed by atoms with E-state index in [9.17, 15) is 18.0 Å². The van der Waals surface area contributed by atoms with Crippen molar-refractivity contribution in [1.82, 2.24) is 20.1 Å². The van der Waals surface area contributed by atoms with Crippen molar-refractivity contribution in [3.8, 4) is 5.69 Å². The van der Waals surface area contributed by atoms with Crippen molar-refractivity contribution in [2.45, 2.75) is 23.6 Å². The van der Waals surface area contributed by atoms with E-state index in [2.05, 4.69) is 31.4 Å². The molecule has 1 amide bonds. The number of benzene rings is 3. The van der Waals surface area contributed by atoms with Gasteiger partial charge in [-0.05, 0) is 48.0 Å². The Morgan fingerprint density at radius 1 is 0.971 bits per heavy atom. The third-order valence-electron chi connectivity index (χ3n) is 4.86. The molecule has 5 nitrogen and oxygen atoms in total. The number of rotatable bonds is 7. The summed E-state index contributed by atoms with van der Waals surface area (Å²) in [6.45, 7) is -0.00415. The van der Waals surface area contributed by atoms with Crippen LogP contribution in [0.1, 0.15) is 27.3 Å². The van der Waals surface area contributed by atoms with Crippen molar-refractivity contribution in [2.75, 3.05) is 0 Å². The predicted octanol–water partition coefficient (Wildman–Crippen LogP) is 6.27. The highest BCUT2D eigenvalue weighted by atomic mass is 79.9. The maximum atomic E-state index is 13.3. The normalized spacial score (nSPS) is 11.4. The molecule has 1 heterocycles. The second-order valence-electron chi connectivity index (χ2n) is 7.25. The van der Waals surface area contributed by atoms with Gasteiger partial charge in [0.1, 0.15) is 0 Å². The van der Waals surface area contributed by atoms with E-state index in [0.717, 1.165) is 22.2 Å². The Bertz CT molecular complexity index is 1280. The minimum absolute atomic E-state index is 0.00415. The van der Waals surface area contributed by atoms with E-state index in [4.69, 9.17) is 0 Å². The molecule has 0 spiro atoms. The number of aromatic nitrogens is 3. The number of hydrogen-bond acceptors (Lipinski definition) is 4. The summed E-state index contributed by atoms with van der Waals surface area (Å²) in [5.74, 6) is 0.547. The number of thioether (sulfide) groups is 1. The lowest BCUT2D eigenvalue weighted by Gasteiger charge is -2.13. The van der Waals surface area contributed by atoms with Crippen LogP contribution in [0.2, 0.25) is 0 Å². The molecule has 0 radical (unpaired) electrons. The highest BCUT2D eigenvalue weighted by Crippen LogP contribution is 2.32. The highest BCUT2D eigenvalue weighted by Gasteiger charge is 2.31. The van der Waals surface area contributed by atoms with Crippen molar-refractivity contribution in [2.24, 2.45) is 0 Å². The Labute approximate surface area is 206 Å². The summed E-state index contributed by atoms with van der Waals surface area (Å²) in [5, 5.41) is 11.6. The first kappa shape index (κ1) is 24.0. The molecule has 4 rings (SSSR count). The second-order valence-corrected chi connectivity index (χ2v) is 9.10. The Kier molecular flexibility index (Phi) is 7.38. The van der Waals surface area contributed by atoms with Gasteiger partial charge in [-0.2, -0.15) is 13.2 Å². The molecule has 0 saturated heterocycles. The van der Waals surface area contributed by atoms with Crippen molar-refractivity contribution < 1.29 is 18.0 Å². The fourth-order valence-electron chi connectivity index (χ4n) is 3.17. The molecule has 0 aliphatic heterocycles. The standard InChI is InChI=1S/C24H18BrF3N4OS/c25-19-11-9-16(10-12-19)15-34-23-31-30-21(14-29-22(33)17-5-2-1-3-6-17)32(23)20-8-4-7-18(13-20)24(26,27)28/h1-13H,14-15H2,(H,29,33). The molecule has 0 saturated carbocycles. The van der Waals surface area contributed by atoms with Crippen LogP contribution in [0.4, 0.5) is 13.2 Å². The van der Waals surface area contributed by atoms with Crippen LogP contribution in [-0.4, -0.2) is 20.7 Å². The van der Waals surface area contributed by atoms with Crippen LogP contribution >= 0.6 is 27.7 Å². The van der Waals surface area contributed by atoms with Gasteiger partial charge in [0, 0.05) is 15.8 Å². The summed E-state index contributed by atoms with van der Waals surface area (Å²) in [4.78, 5) is 12.5. The zero-order valence-corrected chi connectivity index (χ0v) is 20.0. The molecule has 0 bridgehead atoms. The molecule has 0 unspecified atom stereocenters. The van der Waals surface area contributed by atoms with Gasteiger partial charge in [0.15, 0.2) is 11.0 Å². The highest BCUT2D eigenvalue weighted by molar-refractivity contribution is 9.10. The Morgan fingerprint density at radius 3 is 2.41 bits per heavy atom. The third kappa shape index (κ3) is 5.87. The molecule has 3 aromatic carbocycles. The summed E-state index contributed by atoms with van der Waals surface area (Å²) in [7, 11) is 0.